The first kappa shape index (κ1) is 20.6. The Morgan fingerprint density at radius 3 is 2.00 bits per heavy atom. The highest BCUT2D eigenvalue weighted by atomic mass is 19.4. The zero-order valence-electron chi connectivity index (χ0n) is 14.4. The van der Waals surface area contributed by atoms with Crippen LogP contribution in [0.4, 0.5) is 32.0 Å². The lowest BCUT2D eigenvalue weighted by molar-refractivity contribution is -0.143. The van der Waals surface area contributed by atoms with Gasteiger partial charge in [-0.05, 0) is 32.0 Å². The number of benzene rings is 1. The van der Waals surface area contributed by atoms with E-state index < -0.39 is 41.7 Å². The minimum absolute atomic E-state index is 0.0186. The number of amides is 1. The van der Waals surface area contributed by atoms with Crippen molar-refractivity contribution in [3.63, 3.8) is 0 Å². The molecule has 148 valence electrons. The number of nitrogens with zero attached hydrogens (tertiary/aromatic N) is 2. The van der Waals surface area contributed by atoms with E-state index in [1.165, 1.54) is 4.68 Å². The summed E-state index contributed by atoms with van der Waals surface area (Å²) >= 11 is 0. The largest absolute Gasteiger partial charge is 0.484 e. The van der Waals surface area contributed by atoms with E-state index >= 15 is 0 Å². The van der Waals surface area contributed by atoms with E-state index in [4.69, 9.17) is 4.74 Å². The van der Waals surface area contributed by atoms with Crippen LogP contribution >= 0.6 is 0 Å². The molecule has 27 heavy (non-hydrogen) atoms. The second kappa shape index (κ2) is 7.12. The van der Waals surface area contributed by atoms with Gasteiger partial charge in [0.2, 0.25) is 0 Å². The number of carbonyl (C=O) groups excluding carboxylic acids is 1. The maximum Gasteiger partial charge on any atom is 0.416 e. The highest BCUT2D eigenvalue weighted by molar-refractivity contribution is 5.93. The van der Waals surface area contributed by atoms with Gasteiger partial charge in [0.1, 0.15) is 5.75 Å². The second-order valence-electron chi connectivity index (χ2n) is 5.75. The number of ether oxygens (including phenoxy) is 1. The molecule has 0 radical (unpaired) electrons. The van der Waals surface area contributed by atoms with Gasteiger partial charge in [-0.3, -0.25) is 9.48 Å². The lowest BCUT2D eigenvalue weighted by atomic mass is 10.1. The molecule has 0 fully saturated rings. The predicted molar refractivity (Wildman–Crippen MR) is 83.3 cm³/mol. The Kier molecular flexibility index (Phi) is 5.43. The summed E-state index contributed by atoms with van der Waals surface area (Å²) in [4.78, 5) is 11.9. The molecule has 1 aromatic carbocycles. The van der Waals surface area contributed by atoms with Crippen molar-refractivity contribution in [1.29, 1.82) is 0 Å². The molecule has 0 aliphatic rings. The van der Waals surface area contributed by atoms with Crippen LogP contribution < -0.4 is 10.1 Å². The first-order chi connectivity index (χ1) is 12.3. The van der Waals surface area contributed by atoms with Gasteiger partial charge in [-0.15, -0.1) is 0 Å². The molecule has 0 saturated carbocycles. The van der Waals surface area contributed by atoms with Crippen LogP contribution in [0, 0.1) is 13.8 Å². The van der Waals surface area contributed by atoms with Crippen molar-refractivity contribution in [2.24, 2.45) is 7.05 Å². The van der Waals surface area contributed by atoms with E-state index in [-0.39, 0.29) is 6.07 Å². The molecule has 0 saturated heterocycles. The number of rotatable bonds is 4. The maximum atomic E-state index is 12.8. The summed E-state index contributed by atoms with van der Waals surface area (Å²) in [7, 11) is 1.65. The van der Waals surface area contributed by atoms with Crippen LogP contribution in [0.15, 0.2) is 18.2 Å². The van der Waals surface area contributed by atoms with Gasteiger partial charge in [-0.1, -0.05) is 0 Å². The summed E-state index contributed by atoms with van der Waals surface area (Å²) in [6.07, 6.45) is -9.99. The second-order valence-corrected chi connectivity index (χ2v) is 5.75. The van der Waals surface area contributed by atoms with Crippen molar-refractivity contribution in [2.75, 3.05) is 11.9 Å². The van der Waals surface area contributed by atoms with Gasteiger partial charge in [-0.2, -0.15) is 31.4 Å². The summed E-state index contributed by atoms with van der Waals surface area (Å²) in [6, 6.07) is 0.793. The van der Waals surface area contributed by atoms with E-state index in [0.29, 0.717) is 29.2 Å². The number of aromatic nitrogens is 2. The lowest BCUT2D eigenvalue weighted by Crippen LogP contribution is -2.21. The van der Waals surface area contributed by atoms with Crippen molar-refractivity contribution in [3.05, 3.63) is 40.7 Å². The van der Waals surface area contributed by atoms with E-state index in [2.05, 4.69) is 10.4 Å². The SMILES string of the molecule is Cc1nn(C)c(C)c1NC(=O)COc1cc(C(F)(F)F)cc(C(F)(F)F)c1. The summed E-state index contributed by atoms with van der Waals surface area (Å²) in [5.74, 6) is -1.47. The summed E-state index contributed by atoms with van der Waals surface area (Å²) in [5.41, 5.74) is -1.52. The Morgan fingerprint density at radius 1 is 1.07 bits per heavy atom. The topological polar surface area (TPSA) is 56.2 Å². The van der Waals surface area contributed by atoms with Gasteiger partial charge >= 0.3 is 12.4 Å². The molecule has 1 amide bonds. The molecule has 1 N–H and O–H groups in total. The van der Waals surface area contributed by atoms with Gasteiger partial charge in [0.05, 0.1) is 28.2 Å². The fraction of sp³-hybridized carbons (Fsp3) is 0.375. The quantitative estimate of drug-likeness (QED) is 0.794. The predicted octanol–water partition coefficient (Wildman–Crippen LogP) is 4.09. The third kappa shape index (κ3) is 4.92. The van der Waals surface area contributed by atoms with Gasteiger partial charge in [0.25, 0.3) is 5.91 Å². The van der Waals surface area contributed by atoms with Crippen LogP contribution in [-0.2, 0) is 24.2 Å². The molecule has 0 spiro atoms. The van der Waals surface area contributed by atoms with Crippen LogP contribution in [0.2, 0.25) is 0 Å². The summed E-state index contributed by atoms with van der Waals surface area (Å²) in [6.45, 7) is 2.54. The first-order valence-electron chi connectivity index (χ1n) is 7.51. The zero-order valence-corrected chi connectivity index (χ0v) is 14.4. The zero-order chi connectivity index (χ0) is 20.6. The third-order valence-corrected chi connectivity index (χ3v) is 3.70. The maximum absolute atomic E-state index is 12.8. The Morgan fingerprint density at radius 2 is 1.59 bits per heavy atom. The van der Waals surface area contributed by atoms with Gasteiger partial charge < -0.3 is 10.1 Å². The smallest absolute Gasteiger partial charge is 0.416 e. The van der Waals surface area contributed by atoms with E-state index in [1.807, 2.05) is 0 Å². The molecule has 1 aromatic heterocycles. The molecule has 0 aliphatic heterocycles. The molecule has 0 aliphatic carbocycles. The number of hydrogen-bond acceptors (Lipinski definition) is 3. The number of nitrogens with one attached hydrogen (secondary N) is 1. The minimum atomic E-state index is -4.99. The van der Waals surface area contributed by atoms with Gasteiger partial charge in [0, 0.05) is 7.05 Å². The molecule has 0 unspecified atom stereocenters. The van der Waals surface area contributed by atoms with Crippen LogP contribution in [0.1, 0.15) is 22.5 Å². The van der Waals surface area contributed by atoms with Crippen molar-refractivity contribution < 1.29 is 35.9 Å². The Hall–Kier alpha value is -2.72. The van der Waals surface area contributed by atoms with Crippen LogP contribution in [0.25, 0.3) is 0 Å². The van der Waals surface area contributed by atoms with Crippen molar-refractivity contribution in [1.82, 2.24) is 9.78 Å². The molecule has 0 bridgehead atoms. The Balaban J connectivity index is 2.18. The molecular formula is C16H15F6N3O2. The average molecular weight is 395 g/mol. The molecule has 1 heterocycles. The number of carbonyl (C=O) groups is 1. The highest BCUT2D eigenvalue weighted by Crippen LogP contribution is 2.38. The molecular weight excluding hydrogens is 380 g/mol. The Labute approximate surface area is 149 Å². The molecule has 11 heteroatoms. The monoisotopic (exact) mass is 395 g/mol. The number of aryl methyl sites for hydroxylation is 2. The average Bonchev–Trinajstić information content (AvgIpc) is 2.77. The number of hydrogen-bond donors (Lipinski definition) is 1. The summed E-state index contributed by atoms with van der Waals surface area (Å²) in [5, 5.41) is 6.54. The fourth-order valence-electron chi connectivity index (χ4n) is 2.29. The number of alkyl halides is 6. The van der Waals surface area contributed by atoms with Crippen LogP contribution in [0.5, 0.6) is 5.75 Å². The Bertz CT molecular complexity index is 823. The minimum Gasteiger partial charge on any atom is -0.484 e. The molecule has 0 atom stereocenters. The van der Waals surface area contributed by atoms with Crippen molar-refractivity contribution in [2.45, 2.75) is 26.2 Å². The number of anilines is 1. The first-order valence-corrected chi connectivity index (χ1v) is 7.51. The van der Waals surface area contributed by atoms with Crippen LogP contribution in [-0.4, -0.2) is 22.3 Å². The van der Waals surface area contributed by atoms with E-state index in [1.54, 1.807) is 20.9 Å². The van der Waals surface area contributed by atoms with Gasteiger partial charge in [0.15, 0.2) is 6.61 Å². The lowest BCUT2D eigenvalue weighted by Gasteiger charge is -2.14. The third-order valence-electron chi connectivity index (χ3n) is 3.70. The molecule has 2 aromatic rings. The number of halogens is 6. The van der Waals surface area contributed by atoms with Crippen LogP contribution in [0.3, 0.4) is 0 Å². The van der Waals surface area contributed by atoms with Crippen molar-refractivity contribution in [3.8, 4) is 5.75 Å². The normalized spacial score (nSPS) is 12.2. The van der Waals surface area contributed by atoms with E-state index in [9.17, 15) is 31.1 Å². The highest BCUT2D eigenvalue weighted by Gasteiger charge is 2.37. The summed E-state index contributed by atoms with van der Waals surface area (Å²) < 4.78 is 83.2. The standard InChI is InChI=1S/C16H15F6N3O2/c1-8-14(9(2)25(3)24-8)23-13(26)7-27-12-5-10(15(17,18)19)4-11(6-12)16(20,21)22/h4-6H,7H2,1-3H3,(H,23,26). The van der Waals surface area contributed by atoms with E-state index in [0.717, 1.165) is 0 Å². The molecule has 2 rings (SSSR count). The van der Waals surface area contributed by atoms with Crippen molar-refractivity contribution >= 4 is 11.6 Å². The fourth-order valence-corrected chi connectivity index (χ4v) is 2.29. The molecule has 5 nitrogen and oxygen atoms in total. The van der Waals surface area contributed by atoms with Gasteiger partial charge in [-0.25, -0.2) is 0 Å².